The van der Waals surface area contributed by atoms with Gasteiger partial charge in [-0.15, -0.1) is 0 Å². The van der Waals surface area contributed by atoms with Gasteiger partial charge in [0.2, 0.25) is 0 Å². The molecule has 2 aromatic carbocycles. The molecule has 3 rings (SSSR count). The molecule has 1 heterocycles. The minimum absolute atomic E-state index is 0.0267. The Bertz CT molecular complexity index is 715. The van der Waals surface area contributed by atoms with Crippen LogP contribution in [0.4, 0.5) is 5.69 Å². The zero-order valence-corrected chi connectivity index (χ0v) is 13.5. The van der Waals surface area contributed by atoms with Gasteiger partial charge < -0.3 is 15.7 Å². The van der Waals surface area contributed by atoms with Gasteiger partial charge in [0.15, 0.2) is 0 Å². The summed E-state index contributed by atoms with van der Waals surface area (Å²) in [5.41, 5.74) is 9.33. The van der Waals surface area contributed by atoms with Gasteiger partial charge in [-0.05, 0) is 64.4 Å². The number of halogens is 1. The topological polar surface area (TPSA) is 66.6 Å². The van der Waals surface area contributed by atoms with Gasteiger partial charge >= 0.3 is 0 Å². The van der Waals surface area contributed by atoms with Crippen LogP contribution in [-0.4, -0.2) is 22.5 Å². The number of phenolic OH excluding ortho intramolecular Hbond substituents is 1. The van der Waals surface area contributed by atoms with Crippen LogP contribution in [0.1, 0.15) is 21.5 Å². The van der Waals surface area contributed by atoms with Crippen LogP contribution in [0.2, 0.25) is 0 Å². The molecule has 21 heavy (non-hydrogen) atoms. The molecule has 108 valence electrons. The fraction of sp³-hybridized carbons (Fsp3) is 0.188. The van der Waals surface area contributed by atoms with Gasteiger partial charge in [0.1, 0.15) is 5.75 Å². The Kier molecular flexibility index (Phi) is 3.75. The first-order valence-electron chi connectivity index (χ1n) is 6.70. The lowest BCUT2D eigenvalue weighted by molar-refractivity contribution is 0.0731. The number of carbonyl (C=O) groups excluding carboxylic acids is 1. The second kappa shape index (κ2) is 5.55. The highest BCUT2D eigenvalue weighted by Crippen LogP contribution is 2.27. The number of nitrogen functional groups attached to an aromatic ring is 1. The molecule has 0 radical (unpaired) electrons. The van der Waals surface area contributed by atoms with E-state index in [-0.39, 0.29) is 11.7 Å². The van der Waals surface area contributed by atoms with Crippen LogP contribution in [0, 0.1) is 3.57 Å². The van der Waals surface area contributed by atoms with Crippen molar-refractivity contribution in [3.05, 3.63) is 56.7 Å². The van der Waals surface area contributed by atoms with E-state index in [9.17, 15) is 9.90 Å². The highest BCUT2D eigenvalue weighted by molar-refractivity contribution is 14.1. The maximum atomic E-state index is 12.6. The molecule has 0 spiro atoms. The van der Waals surface area contributed by atoms with E-state index >= 15 is 0 Å². The average molecular weight is 394 g/mol. The van der Waals surface area contributed by atoms with Crippen LogP contribution in [0.3, 0.4) is 0 Å². The number of fused-ring (bicyclic) bond motifs is 1. The number of nitrogens with two attached hydrogens (primary N) is 1. The lowest BCUT2D eigenvalue weighted by Gasteiger charge is -2.29. The number of amides is 1. The first-order chi connectivity index (χ1) is 10.1. The van der Waals surface area contributed by atoms with Crippen molar-refractivity contribution in [3.8, 4) is 5.75 Å². The standard InChI is InChI=1S/C16H15IN2O2/c17-11-4-5-15(20)13(8-11)16(21)19-7-6-12-10(9-19)2-1-3-14(12)18/h1-5,8,20H,6-7,9,18H2. The van der Waals surface area contributed by atoms with E-state index < -0.39 is 0 Å². The number of phenols is 1. The van der Waals surface area contributed by atoms with Crippen LogP contribution in [0.15, 0.2) is 36.4 Å². The van der Waals surface area contributed by atoms with E-state index in [1.54, 1.807) is 23.1 Å². The Morgan fingerprint density at radius 2 is 2.10 bits per heavy atom. The molecule has 5 heteroatoms. The third kappa shape index (κ3) is 2.70. The van der Waals surface area contributed by atoms with Gasteiger partial charge in [0.05, 0.1) is 5.56 Å². The third-order valence-corrected chi connectivity index (χ3v) is 4.45. The van der Waals surface area contributed by atoms with E-state index in [1.165, 1.54) is 0 Å². The predicted octanol–water partition coefficient (Wildman–Crippen LogP) is 2.78. The second-order valence-corrected chi connectivity index (χ2v) is 6.37. The van der Waals surface area contributed by atoms with Crippen LogP contribution in [-0.2, 0) is 13.0 Å². The summed E-state index contributed by atoms with van der Waals surface area (Å²) in [4.78, 5) is 14.4. The molecule has 2 aromatic rings. The molecule has 1 amide bonds. The van der Waals surface area contributed by atoms with Crippen LogP contribution in [0.25, 0.3) is 0 Å². The highest BCUT2D eigenvalue weighted by atomic mass is 127. The second-order valence-electron chi connectivity index (χ2n) is 5.12. The van der Waals surface area contributed by atoms with E-state index in [2.05, 4.69) is 22.6 Å². The normalized spacial score (nSPS) is 13.9. The van der Waals surface area contributed by atoms with Gasteiger partial charge in [-0.1, -0.05) is 12.1 Å². The molecule has 0 unspecified atom stereocenters. The fourth-order valence-corrected chi connectivity index (χ4v) is 3.15. The molecular formula is C16H15IN2O2. The fourth-order valence-electron chi connectivity index (χ4n) is 2.66. The van der Waals surface area contributed by atoms with Gasteiger partial charge in [0, 0.05) is 22.3 Å². The molecule has 0 aromatic heterocycles. The summed E-state index contributed by atoms with van der Waals surface area (Å²) in [7, 11) is 0. The molecule has 0 aliphatic carbocycles. The average Bonchev–Trinajstić information content (AvgIpc) is 2.49. The van der Waals surface area contributed by atoms with Crippen molar-refractivity contribution in [2.24, 2.45) is 0 Å². The summed E-state index contributed by atoms with van der Waals surface area (Å²) in [6.07, 6.45) is 0.748. The van der Waals surface area contributed by atoms with E-state index in [0.29, 0.717) is 18.7 Å². The van der Waals surface area contributed by atoms with Crippen molar-refractivity contribution < 1.29 is 9.90 Å². The third-order valence-electron chi connectivity index (χ3n) is 3.78. The number of rotatable bonds is 1. The molecule has 0 atom stereocenters. The van der Waals surface area contributed by atoms with Crippen LogP contribution in [0.5, 0.6) is 5.75 Å². The summed E-state index contributed by atoms with van der Waals surface area (Å²) in [5.74, 6) is -0.113. The van der Waals surface area contributed by atoms with Crippen molar-refractivity contribution in [2.45, 2.75) is 13.0 Å². The van der Waals surface area contributed by atoms with Crippen molar-refractivity contribution >= 4 is 34.2 Å². The Hall–Kier alpha value is -1.76. The monoisotopic (exact) mass is 394 g/mol. The lowest BCUT2D eigenvalue weighted by Crippen LogP contribution is -2.36. The molecule has 1 aliphatic heterocycles. The largest absolute Gasteiger partial charge is 0.507 e. The van der Waals surface area contributed by atoms with Crippen molar-refractivity contribution in [2.75, 3.05) is 12.3 Å². The van der Waals surface area contributed by atoms with E-state index in [0.717, 1.165) is 26.8 Å². The minimum atomic E-state index is -0.140. The molecule has 3 N–H and O–H groups in total. The molecular weight excluding hydrogens is 379 g/mol. The number of carbonyl (C=O) groups is 1. The Labute approximate surface area is 136 Å². The van der Waals surface area contributed by atoms with Crippen molar-refractivity contribution in [3.63, 3.8) is 0 Å². The van der Waals surface area contributed by atoms with Crippen molar-refractivity contribution in [1.29, 1.82) is 0 Å². The van der Waals surface area contributed by atoms with Gasteiger partial charge in [0.25, 0.3) is 5.91 Å². The molecule has 0 saturated heterocycles. The minimum Gasteiger partial charge on any atom is -0.507 e. The Balaban J connectivity index is 1.89. The smallest absolute Gasteiger partial charge is 0.257 e. The highest BCUT2D eigenvalue weighted by Gasteiger charge is 2.24. The number of hydrogen-bond donors (Lipinski definition) is 2. The number of aromatic hydroxyl groups is 1. The van der Waals surface area contributed by atoms with Crippen molar-refractivity contribution in [1.82, 2.24) is 4.90 Å². The van der Waals surface area contributed by atoms with E-state index in [4.69, 9.17) is 5.73 Å². The zero-order valence-electron chi connectivity index (χ0n) is 11.3. The van der Waals surface area contributed by atoms with Gasteiger partial charge in [-0.2, -0.15) is 0 Å². The summed E-state index contributed by atoms with van der Waals surface area (Å²) >= 11 is 2.13. The molecule has 1 aliphatic rings. The Morgan fingerprint density at radius 3 is 2.90 bits per heavy atom. The Morgan fingerprint density at radius 1 is 1.29 bits per heavy atom. The summed E-state index contributed by atoms with van der Waals surface area (Å²) in [6.45, 7) is 1.15. The first-order valence-corrected chi connectivity index (χ1v) is 7.78. The quantitative estimate of drug-likeness (QED) is 0.578. The van der Waals surface area contributed by atoms with Gasteiger partial charge in [-0.25, -0.2) is 0 Å². The maximum absolute atomic E-state index is 12.6. The van der Waals surface area contributed by atoms with Gasteiger partial charge in [-0.3, -0.25) is 4.79 Å². The summed E-state index contributed by atoms with van der Waals surface area (Å²) in [5, 5.41) is 9.90. The molecule has 4 nitrogen and oxygen atoms in total. The number of benzene rings is 2. The molecule has 0 saturated carbocycles. The number of hydrogen-bond acceptors (Lipinski definition) is 3. The van der Waals surface area contributed by atoms with Crippen LogP contribution >= 0.6 is 22.6 Å². The van der Waals surface area contributed by atoms with E-state index in [1.807, 2.05) is 18.2 Å². The predicted molar refractivity (Wildman–Crippen MR) is 90.1 cm³/mol. The summed E-state index contributed by atoms with van der Waals surface area (Å²) in [6, 6.07) is 10.9. The lowest BCUT2D eigenvalue weighted by atomic mass is 9.97. The SMILES string of the molecule is Nc1cccc2c1CCN(C(=O)c1cc(I)ccc1O)C2. The van der Waals surface area contributed by atoms with Crippen LogP contribution < -0.4 is 5.73 Å². The summed E-state index contributed by atoms with van der Waals surface area (Å²) < 4.78 is 0.926. The maximum Gasteiger partial charge on any atom is 0.257 e. The number of anilines is 1. The molecule has 0 bridgehead atoms. The molecule has 0 fully saturated rings. The first kappa shape index (κ1) is 14.2. The zero-order chi connectivity index (χ0) is 15.0. The number of nitrogens with zero attached hydrogens (tertiary/aromatic N) is 1.